The Morgan fingerprint density at radius 2 is 1.50 bits per heavy atom. The quantitative estimate of drug-likeness (QED) is 0.186. The fourth-order valence-electron chi connectivity index (χ4n) is 5.71. The van der Waals surface area contributed by atoms with E-state index < -0.39 is 11.7 Å². The maximum atomic E-state index is 13.6. The smallest absolute Gasteiger partial charge is 0.416 e. The summed E-state index contributed by atoms with van der Waals surface area (Å²) in [6.45, 7) is 3.81. The monoisotopic (exact) mass is 614 g/mol. The van der Waals surface area contributed by atoms with Crippen LogP contribution in [0.4, 0.5) is 18.9 Å². The summed E-state index contributed by atoms with van der Waals surface area (Å²) in [5, 5.41) is 3.96. The van der Waals surface area contributed by atoms with Gasteiger partial charge in [-0.25, -0.2) is 0 Å². The molecule has 2 atom stereocenters. The van der Waals surface area contributed by atoms with E-state index in [1.807, 2.05) is 96.1 Å². The van der Waals surface area contributed by atoms with Crippen molar-refractivity contribution in [2.45, 2.75) is 32.1 Å². The molecular weight excluding hydrogens is 585 g/mol. The van der Waals surface area contributed by atoms with Crippen molar-refractivity contribution < 1.29 is 22.6 Å². The number of nitrogens with one attached hydrogen (secondary N) is 1. The Balaban J connectivity index is 1.39. The van der Waals surface area contributed by atoms with Gasteiger partial charge in [-0.1, -0.05) is 12.1 Å². The molecule has 0 aliphatic carbocycles. The Bertz CT molecular complexity index is 1790. The first kappa shape index (κ1) is 29.3. The standard InChI is InChI=1S/C34H29F3N4O2S/c1-21-19-29(22(2)40(21)25-8-6-7-23(20-25)34(35,36)37)32-31(30-9-4-5-18-38-30)39-33(44)41(32)24-10-12-27(13-11-24)43-28-16-14-26(42-3)15-17-28/h4-20,31-32H,1-3H3,(H,39,44)/t31-,32-/m0/s1. The molecule has 0 saturated carbocycles. The van der Waals surface area contributed by atoms with Gasteiger partial charge < -0.3 is 24.3 Å². The van der Waals surface area contributed by atoms with Crippen LogP contribution in [0.25, 0.3) is 5.69 Å². The SMILES string of the molecule is COc1ccc(Oc2ccc(N3C(=S)N[C@@H](c4ccccn4)[C@@H]3c3cc(C)n(-c4cccc(C(F)(F)F)c4)c3C)cc2)cc1. The van der Waals surface area contributed by atoms with Gasteiger partial charge in [0.2, 0.25) is 0 Å². The van der Waals surface area contributed by atoms with E-state index in [4.69, 9.17) is 21.7 Å². The minimum atomic E-state index is -4.44. The third-order valence-corrected chi connectivity index (χ3v) is 8.04. The molecule has 1 fully saturated rings. The third kappa shape index (κ3) is 5.60. The lowest BCUT2D eigenvalue weighted by Gasteiger charge is -2.28. The second kappa shape index (κ2) is 11.7. The minimum Gasteiger partial charge on any atom is -0.497 e. The van der Waals surface area contributed by atoms with Gasteiger partial charge in [0.1, 0.15) is 17.2 Å². The molecule has 6 nitrogen and oxygen atoms in total. The lowest BCUT2D eigenvalue weighted by atomic mass is 9.96. The second-order valence-corrected chi connectivity index (χ2v) is 10.9. The van der Waals surface area contributed by atoms with E-state index >= 15 is 0 Å². The van der Waals surface area contributed by atoms with E-state index in [2.05, 4.69) is 10.3 Å². The highest BCUT2D eigenvalue weighted by Gasteiger charge is 2.42. The number of benzene rings is 3. The normalized spacial score (nSPS) is 16.6. The summed E-state index contributed by atoms with van der Waals surface area (Å²) in [6.07, 6.45) is -2.71. The summed E-state index contributed by atoms with van der Waals surface area (Å²) in [7, 11) is 1.61. The number of pyridine rings is 1. The number of anilines is 1. The molecule has 2 aromatic heterocycles. The first-order valence-corrected chi connectivity index (χ1v) is 14.3. The van der Waals surface area contributed by atoms with Crippen LogP contribution in [0.15, 0.2) is 103 Å². The number of thiocarbonyl (C=S) groups is 1. The highest BCUT2D eigenvalue weighted by molar-refractivity contribution is 7.80. The molecule has 0 amide bonds. The van der Waals surface area contributed by atoms with E-state index in [1.54, 1.807) is 19.4 Å². The molecular formula is C34H29F3N4O2S. The molecule has 1 aliphatic heterocycles. The summed E-state index contributed by atoms with van der Waals surface area (Å²) in [5.74, 6) is 2.06. The maximum absolute atomic E-state index is 13.6. The van der Waals surface area contributed by atoms with Crippen LogP contribution >= 0.6 is 12.2 Å². The number of methoxy groups -OCH3 is 1. The number of hydrogen-bond acceptors (Lipinski definition) is 4. The average Bonchev–Trinajstić information content (AvgIpc) is 3.52. The zero-order valence-electron chi connectivity index (χ0n) is 24.2. The molecule has 44 heavy (non-hydrogen) atoms. The van der Waals surface area contributed by atoms with Crippen molar-refractivity contribution >= 4 is 23.0 Å². The molecule has 3 heterocycles. The third-order valence-electron chi connectivity index (χ3n) is 7.73. The van der Waals surface area contributed by atoms with E-state index in [0.717, 1.165) is 40.1 Å². The van der Waals surface area contributed by atoms with E-state index in [0.29, 0.717) is 22.3 Å². The predicted octanol–water partition coefficient (Wildman–Crippen LogP) is 8.49. The second-order valence-electron chi connectivity index (χ2n) is 10.5. The summed E-state index contributed by atoms with van der Waals surface area (Å²) < 4.78 is 53.8. The number of alkyl halides is 3. The average molecular weight is 615 g/mol. The van der Waals surface area contributed by atoms with Crippen LogP contribution in [-0.4, -0.2) is 21.8 Å². The van der Waals surface area contributed by atoms with Crippen molar-refractivity contribution in [3.63, 3.8) is 0 Å². The summed E-state index contributed by atoms with van der Waals surface area (Å²) in [5.41, 5.74) is 3.90. The number of halogens is 3. The molecule has 0 bridgehead atoms. The first-order chi connectivity index (χ1) is 21.1. The number of aromatic nitrogens is 2. The van der Waals surface area contributed by atoms with Crippen LogP contribution in [-0.2, 0) is 6.18 Å². The molecule has 1 saturated heterocycles. The number of ether oxygens (including phenoxy) is 2. The molecule has 224 valence electrons. The lowest BCUT2D eigenvalue weighted by molar-refractivity contribution is -0.137. The molecule has 0 spiro atoms. The van der Waals surface area contributed by atoms with Crippen LogP contribution in [0, 0.1) is 13.8 Å². The topological polar surface area (TPSA) is 51.6 Å². The van der Waals surface area contributed by atoms with Gasteiger partial charge >= 0.3 is 6.18 Å². The van der Waals surface area contributed by atoms with Crippen molar-refractivity contribution in [3.8, 4) is 22.9 Å². The predicted molar refractivity (Wildman–Crippen MR) is 168 cm³/mol. The minimum absolute atomic E-state index is 0.311. The van der Waals surface area contributed by atoms with Crippen LogP contribution < -0.4 is 19.7 Å². The molecule has 0 radical (unpaired) electrons. The highest BCUT2D eigenvalue weighted by Crippen LogP contribution is 2.44. The Morgan fingerprint density at radius 1 is 0.818 bits per heavy atom. The van der Waals surface area contributed by atoms with Gasteiger partial charge in [0.25, 0.3) is 0 Å². The Labute approximate surface area is 258 Å². The Hall–Kier alpha value is -4.83. The van der Waals surface area contributed by atoms with Crippen LogP contribution in [0.2, 0.25) is 0 Å². The fourth-order valence-corrected chi connectivity index (χ4v) is 6.06. The Morgan fingerprint density at radius 3 is 2.14 bits per heavy atom. The van der Waals surface area contributed by atoms with Crippen LogP contribution in [0.5, 0.6) is 17.2 Å². The number of rotatable bonds is 7. The molecule has 3 aromatic carbocycles. The van der Waals surface area contributed by atoms with Crippen LogP contribution in [0.1, 0.15) is 40.3 Å². The molecule has 10 heteroatoms. The zero-order valence-corrected chi connectivity index (χ0v) is 25.0. The summed E-state index contributed by atoms with van der Waals surface area (Å²) in [4.78, 5) is 6.65. The van der Waals surface area contributed by atoms with Gasteiger partial charge in [-0.05, 0) is 117 Å². The van der Waals surface area contributed by atoms with Crippen molar-refractivity contribution in [1.82, 2.24) is 14.9 Å². The zero-order chi connectivity index (χ0) is 31.0. The highest BCUT2D eigenvalue weighted by atomic mass is 32.1. The first-order valence-electron chi connectivity index (χ1n) is 13.9. The number of nitrogens with zero attached hydrogens (tertiary/aromatic N) is 3. The van der Waals surface area contributed by atoms with E-state index in [-0.39, 0.29) is 12.1 Å². The van der Waals surface area contributed by atoms with Gasteiger partial charge in [0.05, 0.1) is 30.5 Å². The maximum Gasteiger partial charge on any atom is 0.416 e. The molecule has 0 unspecified atom stereocenters. The number of aryl methyl sites for hydroxylation is 1. The van der Waals surface area contributed by atoms with Gasteiger partial charge in [-0.3, -0.25) is 4.98 Å². The van der Waals surface area contributed by atoms with E-state index in [9.17, 15) is 13.2 Å². The Kier molecular flexibility index (Phi) is 7.77. The summed E-state index contributed by atoms with van der Waals surface area (Å²) >= 11 is 5.88. The van der Waals surface area contributed by atoms with Gasteiger partial charge in [0, 0.05) is 29.0 Å². The fraction of sp³-hybridized carbons (Fsp3) is 0.176. The van der Waals surface area contributed by atoms with Crippen molar-refractivity contribution in [1.29, 1.82) is 0 Å². The van der Waals surface area contributed by atoms with Gasteiger partial charge in [0.15, 0.2) is 5.11 Å². The van der Waals surface area contributed by atoms with E-state index in [1.165, 1.54) is 12.1 Å². The molecule has 6 rings (SSSR count). The number of hydrogen-bond donors (Lipinski definition) is 1. The van der Waals surface area contributed by atoms with Gasteiger partial charge in [-0.2, -0.15) is 13.2 Å². The summed E-state index contributed by atoms with van der Waals surface area (Å²) in [6, 6.07) is 27.4. The molecule has 5 aromatic rings. The molecule has 1 N–H and O–H groups in total. The lowest BCUT2D eigenvalue weighted by Crippen LogP contribution is -2.29. The van der Waals surface area contributed by atoms with Crippen molar-refractivity contribution in [3.05, 3.63) is 131 Å². The van der Waals surface area contributed by atoms with Crippen molar-refractivity contribution in [2.75, 3.05) is 12.0 Å². The van der Waals surface area contributed by atoms with Crippen molar-refractivity contribution in [2.24, 2.45) is 0 Å². The molecule has 1 aliphatic rings. The van der Waals surface area contributed by atoms with Gasteiger partial charge in [-0.15, -0.1) is 0 Å². The van der Waals surface area contributed by atoms with Crippen LogP contribution in [0.3, 0.4) is 0 Å². The largest absolute Gasteiger partial charge is 0.497 e.